The topological polar surface area (TPSA) is 181 Å². The van der Waals surface area contributed by atoms with E-state index in [0.717, 1.165) is 85.6 Å². The number of piperidine rings is 2. The minimum atomic E-state index is -1.10. The van der Waals surface area contributed by atoms with Crippen LogP contribution in [0.5, 0.6) is 0 Å². The molecule has 17 heteroatoms. The van der Waals surface area contributed by atoms with Crippen LogP contribution >= 0.6 is 0 Å². The zero-order valence-corrected chi connectivity index (χ0v) is 33.7. The van der Waals surface area contributed by atoms with Gasteiger partial charge in [0.15, 0.2) is 11.9 Å². The molecule has 61 heavy (non-hydrogen) atoms. The van der Waals surface area contributed by atoms with Crippen LogP contribution in [0.1, 0.15) is 85.2 Å². The number of ether oxygens (including phenoxy) is 1. The number of nitrogens with zero attached hydrogens (tertiary/aromatic N) is 6. The van der Waals surface area contributed by atoms with E-state index in [1.165, 1.54) is 13.2 Å². The second kappa shape index (κ2) is 16.6. The summed E-state index contributed by atoms with van der Waals surface area (Å²) in [5, 5.41) is 12.4. The molecule has 5 aliphatic rings. The van der Waals surface area contributed by atoms with Crippen molar-refractivity contribution in [3.05, 3.63) is 112 Å². The fraction of sp³-hybridized carbons (Fsp3) is 0.386. The number of rotatable bonds is 10. The van der Waals surface area contributed by atoms with E-state index < -0.39 is 41.6 Å². The quantitative estimate of drug-likeness (QED) is 0.200. The lowest BCUT2D eigenvalue weighted by atomic mass is 10.0. The van der Waals surface area contributed by atoms with Crippen molar-refractivity contribution < 1.29 is 37.9 Å². The Hall–Kier alpha value is -6.30. The van der Waals surface area contributed by atoms with Crippen molar-refractivity contribution in [1.29, 1.82) is 0 Å². The number of imide groups is 2. The van der Waals surface area contributed by atoms with E-state index >= 15 is 4.39 Å². The third-order valence-corrected chi connectivity index (χ3v) is 12.6. The van der Waals surface area contributed by atoms with Gasteiger partial charge in [-0.15, -0.1) is 0 Å². The summed E-state index contributed by atoms with van der Waals surface area (Å²) >= 11 is 0. The highest BCUT2D eigenvalue weighted by molar-refractivity contribution is 6.23. The van der Waals surface area contributed by atoms with Crippen molar-refractivity contribution in [2.24, 2.45) is 0 Å². The van der Waals surface area contributed by atoms with E-state index in [0.29, 0.717) is 36.1 Å². The summed E-state index contributed by atoms with van der Waals surface area (Å²) in [5.74, 6) is -3.15. The Morgan fingerprint density at radius 1 is 0.885 bits per heavy atom. The van der Waals surface area contributed by atoms with Gasteiger partial charge in [-0.05, 0) is 61.2 Å². The zero-order valence-electron chi connectivity index (χ0n) is 33.7. The highest BCUT2D eigenvalue weighted by Gasteiger charge is 2.45. The van der Waals surface area contributed by atoms with Crippen LogP contribution in [-0.2, 0) is 38.8 Å². The van der Waals surface area contributed by atoms with Crippen LogP contribution in [0.2, 0.25) is 0 Å². The normalized spacial score (nSPS) is 20.5. The number of fused-ring (bicyclic) bond motifs is 2. The fourth-order valence-corrected chi connectivity index (χ4v) is 9.25. The van der Waals surface area contributed by atoms with Crippen LogP contribution in [0.25, 0.3) is 0 Å². The van der Waals surface area contributed by atoms with Gasteiger partial charge in [0.1, 0.15) is 11.9 Å². The minimum absolute atomic E-state index is 0.0140. The van der Waals surface area contributed by atoms with Crippen molar-refractivity contribution in [3.8, 4) is 0 Å². The van der Waals surface area contributed by atoms with Gasteiger partial charge in [0, 0.05) is 87.8 Å². The average molecular weight is 832 g/mol. The molecule has 0 spiro atoms. The number of carbonyl (C=O) groups is 6. The third kappa shape index (κ3) is 7.79. The number of H-pyrrole nitrogens is 1. The van der Waals surface area contributed by atoms with Crippen molar-refractivity contribution in [2.45, 2.75) is 63.5 Å². The molecular weight excluding hydrogens is 786 g/mol. The fourth-order valence-electron chi connectivity index (χ4n) is 9.25. The van der Waals surface area contributed by atoms with Crippen LogP contribution in [-0.4, -0.2) is 124 Å². The van der Waals surface area contributed by atoms with Gasteiger partial charge in [-0.1, -0.05) is 30.3 Å². The molecule has 3 fully saturated rings. The Morgan fingerprint density at radius 2 is 1.59 bits per heavy atom. The van der Waals surface area contributed by atoms with Gasteiger partial charge in [-0.25, -0.2) is 4.39 Å². The predicted molar refractivity (Wildman–Crippen MR) is 219 cm³/mol. The van der Waals surface area contributed by atoms with Gasteiger partial charge in [0.2, 0.25) is 11.8 Å². The molecule has 9 rings (SSSR count). The molecule has 3 aromatic carbocycles. The Balaban J connectivity index is 0.738. The number of piperazine rings is 1. The highest BCUT2D eigenvalue weighted by atomic mass is 19.1. The van der Waals surface area contributed by atoms with Crippen LogP contribution in [0.3, 0.4) is 0 Å². The number of hydrogen-bond acceptors (Lipinski definition) is 11. The number of anilines is 2. The van der Waals surface area contributed by atoms with Crippen LogP contribution in [0.15, 0.2) is 66.7 Å². The van der Waals surface area contributed by atoms with Gasteiger partial charge < -0.3 is 19.9 Å². The summed E-state index contributed by atoms with van der Waals surface area (Å²) in [6.07, 6.45) is 1.27. The Kier molecular flexibility index (Phi) is 10.9. The molecule has 2 atom stereocenters. The lowest BCUT2D eigenvalue weighted by Gasteiger charge is -2.43. The van der Waals surface area contributed by atoms with E-state index in [-0.39, 0.29) is 42.3 Å². The van der Waals surface area contributed by atoms with Crippen molar-refractivity contribution in [3.63, 3.8) is 0 Å². The molecule has 3 N–H and O–H groups in total. The molecule has 316 valence electrons. The number of aromatic nitrogens is 2. The second-order valence-corrected chi connectivity index (χ2v) is 16.2. The molecule has 0 radical (unpaired) electrons. The minimum Gasteiger partial charge on any atom is -0.371 e. The maximum Gasteiger partial charge on any atom is 0.262 e. The summed E-state index contributed by atoms with van der Waals surface area (Å²) in [4.78, 5) is 86.6. The first-order chi connectivity index (χ1) is 29.6. The standard InChI is InChI=1S/C44H46FN9O7/c1-61-38(26-5-3-2-4-6-26)44(60)53-24-33-35(25-53)48-49-39(33)47-40(56)27-7-9-29(10-8-27)51-15-13-30(14-16-51)52-19-17-50(18-20-52)23-28-21-31-32(22-34(28)45)43(59)54(42(31)58)36-11-12-37(55)46-41(36)57/h2-10,21-22,30,36,38H,11-20,23-25H2,1H3,(H,46,55,57)(H2,47,48,49,56)/t36?,38-/m1/s1. The molecule has 0 aliphatic carbocycles. The number of carbonyl (C=O) groups excluding carboxylic acids is 6. The van der Waals surface area contributed by atoms with Gasteiger partial charge in [-0.2, -0.15) is 5.10 Å². The van der Waals surface area contributed by atoms with Gasteiger partial charge in [0.25, 0.3) is 23.6 Å². The second-order valence-electron chi connectivity index (χ2n) is 16.2. The number of methoxy groups -OCH3 is 1. The summed E-state index contributed by atoms with van der Waals surface area (Å²) in [5.41, 5.74) is 4.20. The largest absolute Gasteiger partial charge is 0.371 e. The molecule has 1 unspecified atom stereocenters. The van der Waals surface area contributed by atoms with E-state index in [2.05, 4.69) is 35.5 Å². The molecule has 0 saturated carbocycles. The van der Waals surface area contributed by atoms with Crippen LogP contribution in [0.4, 0.5) is 15.9 Å². The lowest BCUT2D eigenvalue weighted by molar-refractivity contribution is -0.143. The summed E-state index contributed by atoms with van der Waals surface area (Å²) in [6.45, 7) is 5.72. The molecule has 0 bridgehead atoms. The van der Waals surface area contributed by atoms with E-state index in [1.807, 2.05) is 54.6 Å². The van der Waals surface area contributed by atoms with Gasteiger partial charge >= 0.3 is 0 Å². The van der Waals surface area contributed by atoms with Crippen LogP contribution in [0, 0.1) is 5.82 Å². The number of halogens is 1. The van der Waals surface area contributed by atoms with Crippen molar-refractivity contribution in [2.75, 3.05) is 56.6 Å². The Bertz CT molecular complexity index is 2390. The van der Waals surface area contributed by atoms with Crippen LogP contribution < -0.4 is 15.5 Å². The van der Waals surface area contributed by atoms with E-state index in [4.69, 9.17) is 4.74 Å². The molecule has 16 nitrogen and oxygen atoms in total. The molecule has 5 aliphatic heterocycles. The number of amides is 6. The molecule has 4 aromatic rings. The predicted octanol–water partition coefficient (Wildman–Crippen LogP) is 3.22. The maximum absolute atomic E-state index is 15.3. The third-order valence-electron chi connectivity index (χ3n) is 12.6. The number of benzene rings is 3. The first-order valence-electron chi connectivity index (χ1n) is 20.7. The van der Waals surface area contributed by atoms with Crippen molar-refractivity contribution in [1.82, 2.24) is 35.1 Å². The Morgan fingerprint density at radius 3 is 2.28 bits per heavy atom. The number of hydrogen-bond donors (Lipinski definition) is 3. The number of nitrogens with one attached hydrogen (secondary N) is 3. The van der Waals surface area contributed by atoms with E-state index in [1.54, 1.807) is 4.90 Å². The highest BCUT2D eigenvalue weighted by Crippen LogP contribution is 2.33. The molecule has 6 heterocycles. The monoisotopic (exact) mass is 831 g/mol. The van der Waals surface area contributed by atoms with Gasteiger partial charge in [-0.3, -0.25) is 53.9 Å². The Labute approximate surface area is 351 Å². The van der Waals surface area contributed by atoms with E-state index in [9.17, 15) is 28.8 Å². The molecule has 1 aromatic heterocycles. The molecule has 6 amide bonds. The number of aromatic amines is 1. The molecular formula is C44H46FN9O7. The summed E-state index contributed by atoms with van der Waals surface area (Å²) in [6, 6.07) is 18.7. The lowest BCUT2D eigenvalue weighted by Crippen LogP contribution is -2.54. The zero-order chi connectivity index (χ0) is 42.4. The summed E-state index contributed by atoms with van der Waals surface area (Å²) < 4.78 is 20.9. The van der Waals surface area contributed by atoms with Gasteiger partial charge in [0.05, 0.1) is 29.9 Å². The average Bonchev–Trinajstić information content (AvgIpc) is 3.94. The first-order valence-corrected chi connectivity index (χ1v) is 20.7. The maximum atomic E-state index is 15.3. The smallest absolute Gasteiger partial charge is 0.262 e. The SMILES string of the molecule is CO[C@@H](C(=O)N1Cc2[nH]nc(NC(=O)c3ccc(N4CCC(N5CCN(Cc6cc7c(cc6F)C(=O)N(C6CCC(=O)NC6=O)C7=O)CC5)CC4)cc3)c2C1)c1ccccc1. The summed E-state index contributed by atoms with van der Waals surface area (Å²) in [7, 11) is 1.52. The molecule has 3 saturated heterocycles. The van der Waals surface area contributed by atoms with Crippen molar-refractivity contribution >= 4 is 46.9 Å². The first kappa shape index (κ1) is 40.1.